The molecule has 6 nitrogen and oxygen atoms in total. The van der Waals surface area contributed by atoms with Crippen molar-refractivity contribution in [1.29, 1.82) is 0 Å². The van der Waals surface area contributed by atoms with E-state index in [4.69, 9.17) is 4.74 Å². The number of ether oxygens (including phenoxy) is 1. The minimum Gasteiger partial charge on any atom is -0.364 e. The van der Waals surface area contributed by atoms with Crippen molar-refractivity contribution in [3.8, 4) is 0 Å². The van der Waals surface area contributed by atoms with Gasteiger partial charge in [0.15, 0.2) is 17.0 Å². The topological polar surface area (TPSA) is 64.9 Å². The van der Waals surface area contributed by atoms with Crippen LogP contribution in [0.15, 0.2) is 36.9 Å². The van der Waals surface area contributed by atoms with E-state index in [1.165, 1.54) is 18.5 Å². The number of rotatable bonds is 4. The van der Waals surface area contributed by atoms with Crippen molar-refractivity contribution < 1.29 is 9.13 Å². The average Bonchev–Trinajstić information content (AvgIpc) is 3.05. The Morgan fingerprint density at radius 2 is 2.21 bits per heavy atom. The molecule has 3 aromatic rings. The van der Waals surface area contributed by atoms with E-state index in [0.29, 0.717) is 17.9 Å². The Balaban J connectivity index is 1.58. The predicted molar refractivity (Wildman–Crippen MR) is 87.9 cm³/mol. The number of halogens is 1. The van der Waals surface area contributed by atoms with Crippen LogP contribution in [0, 0.1) is 5.82 Å². The molecule has 24 heavy (non-hydrogen) atoms. The molecule has 0 aliphatic carbocycles. The van der Waals surface area contributed by atoms with E-state index in [-0.39, 0.29) is 12.0 Å². The van der Waals surface area contributed by atoms with E-state index in [1.54, 1.807) is 12.4 Å². The summed E-state index contributed by atoms with van der Waals surface area (Å²) in [7, 11) is 0. The van der Waals surface area contributed by atoms with Crippen molar-refractivity contribution in [3.63, 3.8) is 0 Å². The molecule has 1 atom stereocenters. The molecule has 1 saturated heterocycles. The second-order valence-corrected chi connectivity index (χ2v) is 5.85. The standard InChI is InChI=1S/C17H18FN5O/c18-13-5-3-4-12(8-13)9-19-16-15-17(21-10-20-16)23(11-22-15)14-6-1-2-7-24-14/h3-5,8,10-11,14H,1-2,6-7,9H2,(H,19,20,21)/t14-/m1/s1. The molecule has 1 aromatic carbocycles. The summed E-state index contributed by atoms with van der Waals surface area (Å²) < 4.78 is 21.0. The van der Waals surface area contributed by atoms with E-state index in [0.717, 1.165) is 37.1 Å². The Morgan fingerprint density at radius 1 is 1.25 bits per heavy atom. The number of nitrogens with zero attached hydrogens (tertiary/aromatic N) is 4. The highest BCUT2D eigenvalue weighted by Gasteiger charge is 2.20. The molecule has 1 fully saturated rings. The van der Waals surface area contributed by atoms with Crippen LogP contribution in [-0.2, 0) is 11.3 Å². The van der Waals surface area contributed by atoms with Gasteiger partial charge < -0.3 is 10.1 Å². The van der Waals surface area contributed by atoms with Gasteiger partial charge in [0.1, 0.15) is 18.4 Å². The molecule has 0 radical (unpaired) electrons. The summed E-state index contributed by atoms with van der Waals surface area (Å²) in [5.41, 5.74) is 2.29. The first-order chi connectivity index (χ1) is 11.8. The van der Waals surface area contributed by atoms with Crippen LogP contribution < -0.4 is 5.32 Å². The molecular formula is C17H18FN5O. The summed E-state index contributed by atoms with van der Waals surface area (Å²) in [6.45, 7) is 1.23. The van der Waals surface area contributed by atoms with Crippen molar-refractivity contribution in [1.82, 2.24) is 19.5 Å². The zero-order chi connectivity index (χ0) is 16.4. The fourth-order valence-corrected chi connectivity index (χ4v) is 2.97. The molecule has 0 saturated carbocycles. The smallest absolute Gasteiger partial charge is 0.167 e. The molecule has 0 amide bonds. The van der Waals surface area contributed by atoms with E-state index in [9.17, 15) is 4.39 Å². The third-order valence-electron chi connectivity index (χ3n) is 4.17. The monoisotopic (exact) mass is 327 g/mol. The van der Waals surface area contributed by atoms with Gasteiger partial charge in [0.05, 0.1) is 6.33 Å². The predicted octanol–water partition coefficient (Wildman–Crippen LogP) is 3.28. The number of imidazole rings is 1. The van der Waals surface area contributed by atoms with Gasteiger partial charge >= 0.3 is 0 Å². The fraction of sp³-hybridized carbons (Fsp3) is 0.353. The Bertz CT molecular complexity index is 844. The minimum atomic E-state index is -0.249. The highest BCUT2D eigenvalue weighted by Crippen LogP contribution is 2.27. The molecule has 1 N–H and O–H groups in total. The second kappa shape index (κ2) is 6.52. The van der Waals surface area contributed by atoms with Gasteiger partial charge in [-0.2, -0.15) is 0 Å². The normalized spacial score (nSPS) is 18.0. The van der Waals surface area contributed by atoms with Gasteiger partial charge in [-0.1, -0.05) is 12.1 Å². The van der Waals surface area contributed by atoms with Crippen LogP contribution in [0.5, 0.6) is 0 Å². The highest BCUT2D eigenvalue weighted by molar-refractivity contribution is 5.82. The lowest BCUT2D eigenvalue weighted by Gasteiger charge is -2.23. The molecule has 3 heterocycles. The van der Waals surface area contributed by atoms with Gasteiger partial charge in [0.25, 0.3) is 0 Å². The summed E-state index contributed by atoms with van der Waals surface area (Å²) in [6.07, 6.45) is 6.44. The number of nitrogens with one attached hydrogen (secondary N) is 1. The molecule has 0 unspecified atom stereocenters. The first-order valence-electron chi connectivity index (χ1n) is 8.09. The lowest BCUT2D eigenvalue weighted by Crippen LogP contribution is -2.17. The van der Waals surface area contributed by atoms with Crippen LogP contribution >= 0.6 is 0 Å². The van der Waals surface area contributed by atoms with E-state index in [2.05, 4.69) is 20.3 Å². The van der Waals surface area contributed by atoms with E-state index < -0.39 is 0 Å². The Morgan fingerprint density at radius 3 is 3.04 bits per heavy atom. The Hall–Kier alpha value is -2.54. The molecule has 7 heteroatoms. The summed E-state index contributed by atoms with van der Waals surface area (Å²) in [6, 6.07) is 6.48. The quantitative estimate of drug-likeness (QED) is 0.797. The largest absolute Gasteiger partial charge is 0.364 e. The van der Waals surface area contributed by atoms with Gasteiger partial charge in [-0.05, 0) is 37.0 Å². The van der Waals surface area contributed by atoms with Crippen LogP contribution in [0.1, 0.15) is 31.1 Å². The third-order valence-corrected chi connectivity index (χ3v) is 4.17. The maximum Gasteiger partial charge on any atom is 0.167 e. The van der Waals surface area contributed by atoms with Gasteiger partial charge in [0.2, 0.25) is 0 Å². The van der Waals surface area contributed by atoms with Crippen molar-refractivity contribution in [2.75, 3.05) is 11.9 Å². The molecule has 2 aromatic heterocycles. The van der Waals surface area contributed by atoms with Gasteiger partial charge in [-0.15, -0.1) is 0 Å². The molecule has 0 spiro atoms. The summed E-state index contributed by atoms with van der Waals surface area (Å²) >= 11 is 0. The molecule has 4 rings (SSSR count). The maximum atomic E-state index is 13.3. The number of anilines is 1. The van der Waals surface area contributed by atoms with Crippen molar-refractivity contribution in [3.05, 3.63) is 48.3 Å². The van der Waals surface area contributed by atoms with Crippen molar-refractivity contribution >= 4 is 17.0 Å². The van der Waals surface area contributed by atoms with Crippen LogP contribution in [0.2, 0.25) is 0 Å². The van der Waals surface area contributed by atoms with Gasteiger partial charge in [-0.3, -0.25) is 4.57 Å². The van der Waals surface area contributed by atoms with Crippen molar-refractivity contribution in [2.45, 2.75) is 32.0 Å². The SMILES string of the molecule is Fc1cccc(CNc2ncnc3c2ncn3[C@H]2CCCCO2)c1. The summed E-state index contributed by atoms with van der Waals surface area (Å²) in [5.74, 6) is 0.389. The van der Waals surface area contributed by atoms with Crippen LogP contribution in [0.25, 0.3) is 11.2 Å². The molecule has 124 valence electrons. The average molecular weight is 327 g/mol. The number of hydrogen-bond donors (Lipinski definition) is 1. The van der Waals surface area contributed by atoms with Crippen LogP contribution in [0.3, 0.4) is 0 Å². The Kier molecular flexibility index (Phi) is 4.08. The zero-order valence-electron chi connectivity index (χ0n) is 13.2. The summed E-state index contributed by atoms with van der Waals surface area (Å²) in [5, 5.41) is 3.21. The fourth-order valence-electron chi connectivity index (χ4n) is 2.97. The second-order valence-electron chi connectivity index (χ2n) is 5.85. The van der Waals surface area contributed by atoms with Crippen LogP contribution in [-0.4, -0.2) is 26.1 Å². The number of fused-ring (bicyclic) bond motifs is 1. The van der Waals surface area contributed by atoms with Gasteiger partial charge in [0, 0.05) is 13.2 Å². The first kappa shape index (κ1) is 15.0. The van der Waals surface area contributed by atoms with Crippen LogP contribution in [0.4, 0.5) is 10.2 Å². The lowest BCUT2D eigenvalue weighted by atomic mass is 10.2. The van der Waals surface area contributed by atoms with Gasteiger partial charge in [-0.25, -0.2) is 19.3 Å². The highest BCUT2D eigenvalue weighted by atomic mass is 19.1. The lowest BCUT2D eigenvalue weighted by molar-refractivity contribution is -0.0298. The molecular weight excluding hydrogens is 309 g/mol. The first-order valence-corrected chi connectivity index (χ1v) is 8.09. The molecule has 1 aliphatic heterocycles. The van der Waals surface area contributed by atoms with E-state index >= 15 is 0 Å². The number of benzene rings is 1. The maximum absolute atomic E-state index is 13.3. The number of hydrogen-bond acceptors (Lipinski definition) is 5. The van der Waals surface area contributed by atoms with Crippen molar-refractivity contribution in [2.24, 2.45) is 0 Å². The third kappa shape index (κ3) is 2.94. The zero-order valence-corrected chi connectivity index (χ0v) is 13.2. The van der Waals surface area contributed by atoms with E-state index in [1.807, 2.05) is 10.6 Å². The number of aromatic nitrogens is 4. The Labute approximate surface area is 138 Å². The molecule has 0 bridgehead atoms. The summed E-state index contributed by atoms with van der Waals surface area (Å²) in [4.78, 5) is 13.1. The minimum absolute atomic E-state index is 0.0188. The molecule has 1 aliphatic rings.